The van der Waals surface area contributed by atoms with E-state index in [0.29, 0.717) is 12.0 Å². The van der Waals surface area contributed by atoms with Crippen LogP contribution in [0.25, 0.3) is 0 Å². The quantitative estimate of drug-likeness (QED) is 0.0401. The molecule has 2 aromatic rings. The molecule has 0 spiro atoms. The minimum Gasteiger partial charge on any atom is -0.508 e. The van der Waals surface area contributed by atoms with Crippen LogP contribution in [-0.4, -0.2) is 192 Å². The van der Waals surface area contributed by atoms with Crippen molar-refractivity contribution in [1.29, 1.82) is 0 Å². The van der Waals surface area contributed by atoms with Crippen molar-refractivity contribution in [2.45, 2.75) is 197 Å². The molecule has 10 amide bonds. The van der Waals surface area contributed by atoms with Crippen LogP contribution in [0.15, 0.2) is 48.5 Å². The molecule has 0 saturated carbocycles. The number of phenolic OH excluding ortho intramolecular Hbond substituents is 1. The first-order valence-corrected chi connectivity index (χ1v) is 33.2. The first kappa shape index (κ1) is 80.2. The van der Waals surface area contributed by atoms with E-state index in [1.165, 1.54) is 53.4 Å². The number of benzene rings is 2. The van der Waals surface area contributed by atoms with Gasteiger partial charge in [0.05, 0.1) is 12.2 Å². The van der Waals surface area contributed by atoms with Crippen molar-refractivity contribution in [2.24, 2.45) is 23.3 Å². The Hall–Kier alpha value is -9.21. The Morgan fingerprint density at radius 1 is 0.526 bits per heavy atom. The zero-order chi connectivity index (χ0) is 72.4. The number of primary amides is 1. The molecule has 2 aliphatic rings. The predicted octanol–water partition coefficient (Wildman–Crippen LogP) is 0.412. The van der Waals surface area contributed by atoms with Crippen molar-refractivity contribution in [2.75, 3.05) is 13.1 Å². The molecule has 33 nitrogen and oxygen atoms in total. The average molecular weight is 1390 g/mol. The van der Waals surface area contributed by atoms with Crippen LogP contribution in [0.3, 0.4) is 0 Å². The summed E-state index contributed by atoms with van der Waals surface area (Å²) in [5.41, 5.74) is 11.9. The Morgan fingerprint density at radius 3 is 1.39 bits per heavy atom. The number of likely N-dealkylation sites (tertiary alicyclic amines) is 2. The van der Waals surface area contributed by atoms with E-state index in [1.807, 2.05) is 0 Å². The number of hydrogen-bond donors (Lipinski definition) is 14. The lowest BCUT2D eigenvalue weighted by Crippen LogP contribution is -2.61. The summed E-state index contributed by atoms with van der Waals surface area (Å²) in [6, 6.07) is -5.01. The number of rotatable bonds is 41. The standard InChI is InChI=1S/C61H86F2N11O22P/c1-5-32(3)50(58(89)70-43(61(92)93)30-35-15-17-37(75)18-16-35)71-57(88)45-10-8-28-74(45)60(91)51(33(4)6-2)72-54(85)41(22-26-49(81)82)66-52(83)40(21-25-48(79)80)67-55(86)42(29-34-11-13-36(14-12-34)31-97(94,95-62)96-63)69-53(84)39(20-23-46(65)76)68-56(87)44-9-7-27-73(44)59(90)38(64)19-24-47(77)78/h11-18,32-33,38-45,50-51,75H,5-10,19-31,64H2,1-4H3,(H2,65,76)(H,66,83)(H,67,86)(H,68,87)(H,69,84)(H,70,89)(H,71,88)(H,72,85)(H,77,78)(H,79,80)(H,81,82)(H,92,93)/t32-,33-,38-,39-,40-,41-,42-,43-,44-,45-,50-,51-/m0/s1. The molecule has 2 saturated heterocycles. The topological polar surface area (TPSA) is 518 Å². The summed E-state index contributed by atoms with van der Waals surface area (Å²) in [6.45, 7) is 6.60. The molecule has 536 valence electrons. The first-order chi connectivity index (χ1) is 45.7. The molecule has 2 aliphatic heterocycles. The number of aliphatic carboxylic acids is 4. The van der Waals surface area contributed by atoms with Crippen molar-refractivity contribution >= 4 is 90.5 Å². The summed E-state index contributed by atoms with van der Waals surface area (Å²) in [4.78, 5) is 190. The third-order valence-electron chi connectivity index (χ3n) is 16.8. The van der Waals surface area contributed by atoms with Crippen LogP contribution >= 0.6 is 7.60 Å². The summed E-state index contributed by atoms with van der Waals surface area (Å²) >= 11 is 0. The van der Waals surface area contributed by atoms with E-state index in [0.717, 1.165) is 4.90 Å². The molecular weight excluding hydrogens is 1310 g/mol. The number of nitrogens with two attached hydrogens (primary N) is 2. The second-order valence-corrected chi connectivity index (χ2v) is 25.8. The number of nitrogens with one attached hydrogen (secondary N) is 7. The van der Waals surface area contributed by atoms with E-state index in [4.69, 9.17) is 16.6 Å². The monoisotopic (exact) mass is 1390 g/mol. The third kappa shape index (κ3) is 25.1. The third-order valence-corrected chi connectivity index (χ3v) is 18.0. The summed E-state index contributed by atoms with van der Waals surface area (Å²) in [5, 5.41) is 65.7. The van der Waals surface area contributed by atoms with Gasteiger partial charge in [-0.25, -0.2) is 4.79 Å². The van der Waals surface area contributed by atoms with Gasteiger partial charge in [-0.1, -0.05) is 76.9 Å². The highest BCUT2D eigenvalue weighted by molar-refractivity contribution is 7.52. The lowest BCUT2D eigenvalue weighted by molar-refractivity contribution is -0.144. The maximum atomic E-state index is 14.7. The van der Waals surface area contributed by atoms with Crippen molar-refractivity contribution in [3.63, 3.8) is 0 Å². The van der Waals surface area contributed by atoms with E-state index < -0.39 is 220 Å². The molecule has 2 fully saturated rings. The fourth-order valence-electron chi connectivity index (χ4n) is 10.8. The number of halogens is 2. The SMILES string of the molecule is CC[C@H](C)[C@H](NC(=O)[C@@H]1CCCN1C(=O)[C@@H](NC(=O)[C@H](CCC(=O)O)NC(=O)[C@H](CCC(=O)O)NC(=O)[C@H](Cc1ccc(CP(=O)(OF)OF)cc1)NC(=O)[C@H](CCC(N)=O)NC(=O)[C@@H]1CCCN1C(=O)[C@@H](N)CCC(=O)O)[C@@H](C)CC)C(=O)N[C@@H](Cc1ccc(O)cc1)C(=O)O. The Morgan fingerprint density at radius 2 is 0.918 bits per heavy atom. The van der Waals surface area contributed by atoms with Gasteiger partial charge in [0.1, 0.15) is 60.1 Å². The molecule has 97 heavy (non-hydrogen) atoms. The maximum absolute atomic E-state index is 14.7. The van der Waals surface area contributed by atoms with Crippen molar-refractivity contribution in [1.82, 2.24) is 47.0 Å². The van der Waals surface area contributed by atoms with Crippen molar-refractivity contribution in [3.8, 4) is 5.75 Å². The van der Waals surface area contributed by atoms with Crippen molar-refractivity contribution in [3.05, 3.63) is 65.2 Å². The Labute approximate surface area is 555 Å². The second-order valence-electron chi connectivity index (χ2n) is 24.0. The van der Waals surface area contributed by atoms with Gasteiger partial charge in [0.25, 0.3) is 0 Å². The fraction of sp³-hybridized carbons (Fsp3) is 0.574. The van der Waals surface area contributed by atoms with Crippen LogP contribution in [-0.2, 0) is 100 Å². The highest BCUT2D eigenvalue weighted by Crippen LogP contribution is 2.52. The normalized spacial score (nSPS) is 17.6. The highest BCUT2D eigenvalue weighted by atomic mass is 31.2. The number of nitrogens with zero attached hydrogens (tertiary/aromatic N) is 2. The van der Waals surface area contributed by atoms with Crippen LogP contribution in [0.5, 0.6) is 5.75 Å². The largest absolute Gasteiger partial charge is 0.508 e. The molecule has 0 unspecified atom stereocenters. The van der Waals surface area contributed by atoms with Gasteiger partial charge < -0.3 is 84.0 Å². The van der Waals surface area contributed by atoms with Gasteiger partial charge in [0, 0.05) is 51.6 Å². The van der Waals surface area contributed by atoms with Gasteiger partial charge in [-0.05, 0) is 101 Å². The summed E-state index contributed by atoms with van der Waals surface area (Å²) in [7, 11) is -4.93. The molecule has 2 aromatic carbocycles. The number of carbonyl (C=O) groups is 14. The molecular formula is C61H86F2N11O22P. The molecule has 36 heteroatoms. The van der Waals surface area contributed by atoms with Gasteiger partial charge in [-0.3, -0.25) is 66.9 Å². The van der Waals surface area contributed by atoms with Gasteiger partial charge in [-0.15, -0.1) is 9.46 Å². The lowest BCUT2D eigenvalue weighted by atomic mass is 9.95. The summed E-state index contributed by atoms with van der Waals surface area (Å²) in [6.07, 6.45) is -5.41. The maximum Gasteiger partial charge on any atom is 0.399 e. The molecule has 0 bridgehead atoms. The Bertz CT molecular complexity index is 3200. The number of carboxylic acid groups (broad SMARTS) is 4. The number of aromatic hydroxyl groups is 1. The van der Waals surface area contributed by atoms with E-state index >= 15 is 0 Å². The van der Waals surface area contributed by atoms with Gasteiger partial charge in [0.15, 0.2) is 0 Å². The van der Waals surface area contributed by atoms with E-state index in [9.17, 15) is 101 Å². The number of carboxylic acids is 4. The number of hydrogen-bond acceptors (Lipinski definition) is 19. The van der Waals surface area contributed by atoms with E-state index in [-0.39, 0.29) is 74.9 Å². The predicted molar refractivity (Wildman–Crippen MR) is 334 cm³/mol. The van der Waals surface area contributed by atoms with E-state index in [1.54, 1.807) is 27.7 Å². The Balaban J connectivity index is 1.65. The first-order valence-electron chi connectivity index (χ1n) is 31.5. The van der Waals surface area contributed by atoms with Crippen LogP contribution in [0.4, 0.5) is 9.05 Å². The van der Waals surface area contributed by atoms with Gasteiger partial charge in [-0.2, -0.15) is 0 Å². The van der Waals surface area contributed by atoms with Gasteiger partial charge in [0.2, 0.25) is 59.1 Å². The highest BCUT2D eigenvalue weighted by Gasteiger charge is 2.43. The van der Waals surface area contributed by atoms with Crippen LogP contribution in [0.2, 0.25) is 0 Å². The molecule has 12 atom stereocenters. The molecule has 0 radical (unpaired) electrons. The minimum atomic E-state index is -4.93. The zero-order valence-electron chi connectivity index (χ0n) is 53.9. The molecule has 0 aliphatic carbocycles. The Kier molecular flexibility index (Phi) is 31.9. The molecule has 2 heterocycles. The molecule has 4 rings (SSSR count). The second kappa shape index (κ2) is 38.5. The summed E-state index contributed by atoms with van der Waals surface area (Å²) in [5.74, 6) is -17.0. The number of amides is 10. The van der Waals surface area contributed by atoms with Crippen LogP contribution < -0.4 is 48.7 Å². The molecule has 16 N–H and O–H groups in total. The number of carbonyl (C=O) groups excluding carboxylic acids is 10. The zero-order valence-corrected chi connectivity index (χ0v) is 54.8. The summed E-state index contributed by atoms with van der Waals surface area (Å²) < 4.78 is 44.6. The molecule has 0 aromatic heterocycles. The smallest absolute Gasteiger partial charge is 0.399 e. The van der Waals surface area contributed by atoms with Crippen molar-refractivity contribution < 1.29 is 116 Å². The lowest BCUT2D eigenvalue weighted by Gasteiger charge is -2.33. The van der Waals surface area contributed by atoms with Crippen LogP contribution in [0.1, 0.15) is 134 Å². The van der Waals surface area contributed by atoms with Gasteiger partial charge >= 0.3 is 31.5 Å². The van der Waals surface area contributed by atoms with Crippen LogP contribution in [0, 0.1) is 11.8 Å². The number of phenols is 1. The minimum absolute atomic E-state index is 0.00870. The fourth-order valence-corrected chi connectivity index (χ4v) is 11.6. The average Bonchev–Trinajstić information content (AvgIpc) is 1.78. The van der Waals surface area contributed by atoms with E-state index in [2.05, 4.69) is 46.7 Å².